The minimum atomic E-state index is -1.10. The highest BCUT2D eigenvalue weighted by Crippen LogP contribution is 2.38. The van der Waals surface area contributed by atoms with Gasteiger partial charge in [-0.25, -0.2) is 15.0 Å². The van der Waals surface area contributed by atoms with Crippen LogP contribution in [-0.2, 0) is 17.2 Å². The number of anilines is 2. The smallest absolute Gasteiger partial charge is 0.227 e. The summed E-state index contributed by atoms with van der Waals surface area (Å²) in [5.41, 5.74) is 1.58. The van der Waals surface area contributed by atoms with E-state index in [1.54, 1.807) is 12.4 Å². The van der Waals surface area contributed by atoms with E-state index in [-0.39, 0.29) is 12.1 Å². The zero-order chi connectivity index (χ0) is 20.7. The van der Waals surface area contributed by atoms with Gasteiger partial charge < -0.3 is 15.3 Å². The fourth-order valence-corrected chi connectivity index (χ4v) is 5.52. The Labute approximate surface area is 182 Å². The predicted octanol–water partition coefficient (Wildman–Crippen LogP) is 2.20. The van der Waals surface area contributed by atoms with Gasteiger partial charge in [0.1, 0.15) is 10.7 Å². The molecule has 10 heteroatoms. The quantitative estimate of drug-likeness (QED) is 0.720. The van der Waals surface area contributed by atoms with Crippen LogP contribution in [0.3, 0.4) is 0 Å². The van der Waals surface area contributed by atoms with Gasteiger partial charge in [0.15, 0.2) is 5.82 Å². The molecule has 0 saturated heterocycles. The standard InChI is InChI=1S/C20H23ClN6O2S/c21-14-10-22-17(23-11-14)13-2-7-27(8-3-13)19-24-15-4-9-30(29)16(15)18(25-19)26-20(12-28)5-1-6-20/h2,10-11,28H,1,3-9,12H2,(H,24,25,26). The maximum atomic E-state index is 12.6. The average molecular weight is 447 g/mol. The second-order valence-electron chi connectivity index (χ2n) is 8.01. The van der Waals surface area contributed by atoms with Crippen LogP contribution in [0, 0.1) is 0 Å². The molecular formula is C20H23ClN6O2S. The maximum absolute atomic E-state index is 12.6. The van der Waals surface area contributed by atoms with E-state index in [1.165, 1.54) is 0 Å². The molecule has 0 amide bonds. The van der Waals surface area contributed by atoms with Crippen LogP contribution in [-0.4, -0.2) is 60.2 Å². The largest absolute Gasteiger partial charge is 0.394 e. The molecule has 2 aliphatic heterocycles. The van der Waals surface area contributed by atoms with Crippen LogP contribution in [0.2, 0.25) is 5.02 Å². The zero-order valence-corrected chi connectivity index (χ0v) is 18.0. The molecule has 3 aliphatic rings. The highest BCUT2D eigenvalue weighted by atomic mass is 35.5. The number of rotatable bonds is 5. The number of nitrogens with zero attached hydrogens (tertiary/aromatic N) is 5. The molecular weight excluding hydrogens is 424 g/mol. The number of aromatic nitrogens is 4. The van der Waals surface area contributed by atoms with Crippen LogP contribution in [0.15, 0.2) is 23.4 Å². The summed E-state index contributed by atoms with van der Waals surface area (Å²) in [6.07, 6.45) is 9.62. The molecule has 1 unspecified atom stereocenters. The molecule has 5 rings (SSSR count). The van der Waals surface area contributed by atoms with Gasteiger partial charge >= 0.3 is 0 Å². The lowest BCUT2D eigenvalue weighted by Crippen LogP contribution is -2.48. The second kappa shape index (κ2) is 7.86. The topological polar surface area (TPSA) is 104 Å². The van der Waals surface area contributed by atoms with Crippen LogP contribution in [0.5, 0.6) is 0 Å². The van der Waals surface area contributed by atoms with Crippen molar-refractivity contribution in [1.82, 2.24) is 19.9 Å². The van der Waals surface area contributed by atoms with Crippen molar-refractivity contribution < 1.29 is 9.32 Å². The third kappa shape index (κ3) is 3.59. The predicted molar refractivity (Wildman–Crippen MR) is 116 cm³/mol. The lowest BCUT2D eigenvalue weighted by molar-refractivity contribution is 0.143. The fraction of sp³-hybridized carbons (Fsp3) is 0.500. The van der Waals surface area contributed by atoms with Crippen molar-refractivity contribution in [2.75, 3.05) is 35.7 Å². The molecule has 30 heavy (non-hydrogen) atoms. The van der Waals surface area contributed by atoms with Crippen molar-refractivity contribution in [1.29, 1.82) is 0 Å². The summed E-state index contributed by atoms with van der Waals surface area (Å²) >= 11 is 5.88. The van der Waals surface area contributed by atoms with E-state index in [0.717, 1.165) is 43.5 Å². The molecule has 2 N–H and O–H groups in total. The van der Waals surface area contributed by atoms with E-state index < -0.39 is 10.8 Å². The van der Waals surface area contributed by atoms with E-state index in [9.17, 15) is 9.32 Å². The summed E-state index contributed by atoms with van der Waals surface area (Å²) in [4.78, 5) is 20.9. The van der Waals surface area contributed by atoms with Gasteiger partial charge in [0.2, 0.25) is 5.95 Å². The molecule has 0 aromatic carbocycles. The fourth-order valence-electron chi connectivity index (χ4n) is 4.12. The van der Waals surface area contributed by atoms with Crippen molar-refractivity contribution >= 4 is 39.7 Å². The Morgan fingerprint density at radius 3 is 2.67 bits per heavy atom. The van der Waals surface area contributed by atoms with Crippen molar-refractivity contribution in [3.05, 3.63) is 35.0 Å². The number of hydrogen-bond donors (Lipinski definition) is 2. The van der Waals surface area contributed by atoms with Crippen molar-refractivity contribution in [3.8, 4) is 0 Å². The molecule has 1 aliphatic carbocycles. The Balaban J connectivity index is 1.42. The lowest BCUT2D eigenvalue weighted by Gasteiger charge is -2.41. The summed E-state index contributed by atoms with van der Waals surface area (Å²) in [5.74, 6) is 2.53. The van der Waals surface area contributed by atoms with Crippen LogP contribution in [0.1, 0.15) is 37.2 Å². The van der Waals surface area contributed by atoms with Crippen LogP contribution >= 0.6 is 11.6 Å². The van der Waals surface area contributed by atoms with E-state index >= 15 is 0 Å². The molecule has 4 heterocycles. The van der Waals surface area contributed by atoms with Crippen molar-refractivity contribution in [3.63, 3.8) is 0 Å². The van der Waals surface area contributed by atoms with Gasteiger partial charge in [0.05, 0.1) is 33.7 Å². The average Bonchev–Trinajstić information content (AvgIpc) is 3.12. The van der Waals surface area contributed by atoms with Crippen LogP contribution in [0.25, 0.3) is 5.57 Å². The Kier molecular flexibility index (Phi) is 5.20. The first-order chi connectivity index (χ1) is 14.6. The highest BCUT2D eigenvalue weighted by Gasteiger charge is 2.39. The van der Waals surface area contributed by atoms with Gasteiger partial charge in [-0.2, -0.15) is 4.98 Å². The van der Waals surface area contributed by atoms with Gasteiger partial charge in [-0.3, -0.25) is 4.21 Å². The van der Waals surface area contributed by atoms with Crippen molar-refractivity contribution in [2.24, 2.45) is 0 Å². The Morgan fingerprint density at radius 2 is 2.03 bits per heavy atom. The number of fused-ring (bicyclic) bond motifs is 1. The number of aryl methyl sites for hydroxylation is 1. The monoisotopic (exact) mass is 446 g/mol. The highest BCUT2D eigenvalue weighted by molar-refractivity contribution is 7.85. The number of hydrogen-bond acceptors (Lipinski definition) is 8. The molecule has 8 nitrogen and oxygen atoms in total. The molecule has 0 spiro atoms. The Hall–Kier alpha value is -2.10. The maximum Gasteiger partial charge on any atom is 0.227 e. The third-order valence-corrected chi connectivity index (χ3v) is 7.73. The third-order valence-electron chi connectivity index (χ3n) is 6.07. The van der Waals surface area contributed by atoms with Gasteiger partial charge in [0, 0.05) is 37.7 Å². The van der Waals surface area contributed by atoms with Gasteiger partial charge in [-0.15, -0.1) is 0 Å². The van der Waals surface area contributed by atoms with Gasteiger partial charge in [-0.05, 0) is 31.3 Å². The summed E-state index contributed by atoms with van der Waals surface area (Å²) in [6.45, 7) is 1.43. The molecule has 158 valence electrons. The van der Waals surface area contributed by atoms with Crippen molar-refractivity contribution in [2.45, 2.75) is 42.5 Å². The zero-order valence-electron chi connectivity index (χ0n) is 16.5. The Bertz CT molecular complexity index is 1020. The molecule has 1 fully saturated rings. The molecule has 1 saturated carbocycles. The number of aliphatic hydroxyl groups excluding tert-OH is 1. The minimum absolute atomic E-state index is 0.0463. The summed E-state index contributed by atoms with van der Waals surface area (Å²) < 4.78 is 12.6. The Morgan fingerprint density at radius 1 is 1.23 bits per heavy atom. The first-order valence-corrected chi connectivity index (χ1v) is 11.9. The van der Waals surface area contributed by atoms with Crippen LogP contribution in [0.4, 0.5) is 11.8 Å². The molecule has 1 atom stereocenters. The number of nitrogens with one attached hydrogen (secondary N) is 1. The van der Waals surface area contributed by atoms with E-state index in [2.05, 4.69) is 26.3 Å². The number of aliphatic hydroxyl groups is 1. The molecule has 2 aromatic rings. The summed E-state index contributed by atoms with van der Waals surface area (Å²) in [6, 6.07) is 0. The molecule has 0 bridgehead atoms. The molecule has 0 radical (unpaired) electrons. The first-order valence-electron chi connectivity index (χ1n) is 10.2. The van der Waals surface area contributed by atoms with Gasteiger partial charge in [0.25, 0.3) is 0 Å². The first kappa shape index (κ1) is 19.8. The van der Waals surface area contributed by atoms with Gasteiger partial charge in [-0.1, -0.05) is 17.7 Å². The lowest BCUT2D eigenvalue weighted by atomic mass is 9.77. The minimum Gasteiger partial charge on any atom is -0.394 e. The normalized spacial score (nSPS) is 22.3. The number of halogens is 1. The SMILES string of the molecule is O=S1CCc2nc(N3CC=C(c4ncc(Cl)cn4)CC3)nc(NC3(CO)CCC3)c21. The van der Waals surface area contributed by atoms with E-state index in [4.69, 9.17) is 21.6 Å². The van der Waals surface area contributed by atoms with E-state index in [0.29, 0.717) is 46.2 Å². The second-order valence-corrected chi connectivity index (χ2v) is 9.96. The summed E-state index contributed by atoms with van der Waals surface area (Å²) in [7, 11) is -1.10. The van der Waals surface area contributed by atoms with E-state index in [1.807, 2.05) is 0 Å². The molecule has 2 aromatic heterocycles. The van der Waals surface area contributed by atoms with Crippen LogP contribution < -0.4 is 10.2 Å². The summed E-state index contributed by atoms with van der Waals surface area (Å²) in [5, 5.41) is 13.8.